The van der Waals surface area contributed by atoms with Gasteiger partial charge in [-0.25, -0.2) is 0 Å². The van der Waals surface area contributed by atoms with Gasteiger partial charge in [0.1, 0.15) is 11.5 Å². The number of rotatable bonds is 2. The van der Waals surface area contributed by atoms with Gasteiger partial charge in [-0.2, -0.15) is 0 Å². The molecule has 2 aromatic rings. The zero-order valence-corrected chi connectivity index (χ0v) is 14.3. The summed E-state index contributed by atoms with van der Waals surface area (Å²) in [6, 6.07) is 6.76. The Labute approximate surface area is 142 Å². The fraction of sp³-hybridized carbons (Fsp3) is 0.400. The van der Waals surface area contributed by atoms with Crippen molar-refractivity contribution in [3.05, 3.63) is 57.6 Å². The standard InChI is InChI=1S/C20H22O4/c1-9-7-15(21)11(3)5-13(9)17-19(23)18(20(17)24)14-6-12(4)16(22)8-10(14)2/h5-8,17-22H,1-4H3/q-2. The molecule has 1 aliphatic carbocycles. The molecule has 0 spiro atoms. The smallest absolute Gasteiger partial charge is 0.118 e. The summed E-state index contributed by atoms with van der Waals surface area (Å²) in [6.45, 7) is 7.16. The van der Waals surface area contributed by atoms with Crippen LogP contribution >= 0.6 is 0 Å². The Hall–Kier alpha value is -2.04. The van der Waals surface area contributed by atoms with Gasteiger partial charge in [0.25, 0.3) is 0 Å². The van der Waals surface area contributed by atoms with Gasteiger partial charge in [-0.15, -0.1) is 12.2 Å². The third-order valence-electron chi connectivity index (χ3n) is 5.30. The van der Waals surface area contributed by atoms with Crippen molar-refractivity contribution in [3.63, 3.8) is 0 Å². The predicted molar refractivity (Wildman–Crippen MR) is 88.2 cm³/mol. The molecule has 3 rings (SSSR count). The van der Waals surface area contributed by atoms with E-state index in [0.29, 0.717) is 11.1 Å². The summed E-state index contributed by atoms with van der Waals surface area (Å²) in [6.07, 6.45) is -2.03. The van der Waals surface area contributed by atoms with E-state index in [1.165, 1.54) is 0 Å². The molecule has 24 heavy (non-hydrogen) atoms. The van der Waals surface area contributed by atoms with Crippen LogP contribution in [-0.2, 0) is 0 Å². The largest absolute Gasteiger partial charge is 0.851 e. The highest BCUT2D eigenvalue weighted by atomic mass is 16.3. The molecule has 0 bridgehead atoms. The summed E-state index contributed by atoms with van der Waals surface area (Å²) in [5.74, 6) is -0.824. The normalized spacial score (nSPS) is 26.2. The molecule has 0 radical (unpaired) electrons. The molecule has 0 aromatic heterocycles. The zero-order valence-electron chi connectivity index (χ0n) is 14.3. The van der Waals surface area contributed by atoms with Crippen molar-refractivity contribution in [2.75, 3.05) is 0 Å². The van der Waals surface area contributed by atoms with Crippen molar-refractivity contribution in [3.8, 4) is 11.5 Å². The number of aromatic hydroxyl groups is 2. The Balaban J connectivity index is 1.96. The summed E-state index contributed by atoms with van der Waals surface area (Å²) in [5.41, 5.74) is 4.40. The van der Waals surface area contributed by atoms with Gasteiger partial charge in [0.05, 0.1) is 0 Å². The highest BCUT2D eigenvalue weighted by Gasteiger charge is 2.39. The molecule has 4 heteroatoms. The molecular weight excluding hydrogens is 304 g/mol. The highest BCUT2D eigenvalue weighted by Crippen LogP contribution is 2.48. The summed E-state index contributed by atoms with van der Waals surface area (Å²) >= 11 is 0. The number of aryl methyl sites for hydroxylation is 4. The summed E-state index contributed by atoms with van der Waals surface area (Å²) < 4.78 is 0. The van der Waals surface area contributed by atoms with E-state index in [0.717, 1.165) is 22.3 Å². The molecule has 0 atom stereocenters. The molecule has 1 fully saturated rings. The fourth-order valence-corrected chi connectivity index (χ4v) is 3.75. The molecule has 0 amide bonds. The lowest BCUT2D eigenvalue weighted by Crippen LogP contribution is -2.64. The van der Waals surface area contributed by atoms with E-state index in [2.05, 4.69) is 0 Å². The maximum absolute atomic E-state index is 12.8. The van der Waals surface area contributed by atoms with Crippen molar-refractivity contribution in [1.29, 1.82) is 0 Å². The lowest BCUT2D eigenvalue weighted by atomic mass is 9.62. The minimum atomic E-state index is -1.02. The van der Waals surface area contributed by atoms with Gasteiger partial charge in [0.2, 0.25) is 0 Å². The van der Waals surface area contributed by atoms with Crippen LogP contribution < -0.4 is 10.2 Å². The molecule has 0 saturated heterocycles. The number of phenols is 2. The molecule has 2 N–H and O–H groups in total. The number of hydrogen-bond donors (Lipinski definition) is 2. The first-order valence-electron chi connectivity index (χ1n) is 8.14. The third kappa shape index (κ3) is 2.46. The van der Waals surface area contributed by atoms with Gasteiger partial charge in [-0.3, -0.25) is 0 Å². The first-order valence-corrected chi connectivity index (χ1v) is 8.14. The van der Waals surface area contributed by atoms with Crippen molar-refractivity contribution in [2.45, 2.75) is 51.7 Å². The van der Waals surface area contributed by atoms with Gasteiger partial charge in [0.15, 0.2) is 0 Å². The maximum atomic E-state index is 12.8. The Morgan fingerprint density at radius 2 is 0.958 bits per heavy atom. The van der Waals surface area contributed by atoms with Crippen LogP contribution in [0.4, 0.5) is 0 Å². The summed E-state index contributed by atoms with van der Waals surface area (Å²) in [4.78, 5) is 0. The van der Waals surface area contributed by atoms with Crippen LogP contribution in [0.2, 0.25) is 0 Å². The lowest BCUT2D eigenvalue weighted by molar-refractivity contribution is -0.536. The number of benzene rings is 2. The van der Waals surface area contributed by atoms with Crippen LogP contribution in [0.3, 0.4) is 0 Å². The quantitative estimate of drug-likeness (QED) is 0.879. The molecule has 1 saturated carbocycles. The van der Waals surface area contributed by atoms with Crippen molar-refractivity contribution < 1.29 is 20.4 Å². The van der Waals surface area contributed by atoms with Crippen LogP contribution in [0.5, 0.6) is 11.5 Å². The van der Waals surface area contributed by atoms with Crippen LogP contribution in [0.25, 0.3) is 0 Å². The molecule has 128 valence electrons. The second-order valence-corrected chi connectivity index (χ2v) is 6.97. The van der Waals surface area contributed by atoms with E-state index in [-0.39, 0.29) is 11.5 Å². The van der Waals surface area contributed by atoms with E-state index in [4.69, 9.17) is 0 Å². The van der Waals surface area contributed by atoms with Gasteiger partial charge < -0.3 is 20.4 Å². The van der Waals surface area contributed by atoms with Crippen LogP contribution in [0, 0.1) is 27.7 Å². The van der Waals surface area contributed by atoms with Crippen LogP contribution in [-0.4, -0.2) is 22.4 Å². The van der Waals surface area contributed by atoms with Crippen LogP contribution in [0.15, 0.2) is 24.3 Å². The van der Waals surface area contributed by atoms with Crippen molar-refractivity contribution in [2.24, 2.45) is 0 Å². The maximum Gasteiger partial charge on any atom is 0.118 e. The minimum Gasteiger partial charge on any atom is -0.851 e. The van der Waals surface area contributed by atoms with Crippen molar-refractivity contribution in [1.82, 2.24) is 0 Å². The van der Waals surface area contributed by atoms with Gasteiger partial charge in [-0.1, -0.05) is 12.1 Å². The van der Waals surface area contributed by atoms with Crippen LogP contribution in [0.1, 0.15) is 45.2 Å². The number of phenolic OH excluding ortho intramolecular Hbond substituents is 2. The van der Waals surface area contributed by atoms with E-state index in [1.54, 1.807) is 38.1 Å². The third-order valence-corrected chi connectivity index (χ3v) is 5.30. The van der Waals surface area contributed by atoms with Crippen molar-refractivity contribution >= 4 is 0 Å². The second-order valence-electron chi connectivity index (χ2n) is 6.97. The Kier molecular flexibility index (Phi) is 4.06. The molecule has 0 unspecified atom stereocenters. The van der Waals surface area contributed by atoms with Gasteiger partial charge >= 0.3 is 0 Å². The van der Waals surface area contributed by atoms with E-state index >= 15 is 0 Å². The summed E-state index contributed by atoms with van der Waals surface area (Å²) in [5, 5.41) is 45.2. The average molecular weight is 326 g/mol. The zero-order chi connectivity index (χ0) is 17.8. The molecule has 0 heterocycles. The topological polar surface area (TPSA) is 86.6 Å². The Morgan fingerprint density at radius 1 is 0.625 bits per heavy atom. The minimum absolute atomic E-state index is 0.182. The molecule has 1 aliphatic rings. The lowest BCUT2D eigenvalue weighted by Gasteiger charge is -2.62. The first kappa shape index (κ1) is 16.8. The van der Waals surface area contributed by atoms with E-state index in [9.17, 15) is 20.4 Å². The molecule has 2 aromatic carbocycles. The highest BCUT2D eigenvalue weighted by molar-refractivity contribution is 5.48. The molecule has 4 nitrogen and oxygen atoms in total. The first-order chi connectivity index (χ1) is 11.2. The average Bonchev–Trinajstić information content (AvgIpc) is 2.50. The SMILES string of the molecule is Cc1cc(C2C([O-])C(c3cc(C)c(O)cc3C)C2[O-])c(C)cc1O. The molecular formula is C20H22O4-2. The Morgan fingerprint density at radius 3 is 1.29 bits per heavy atom. The monoisotopic (exact) mass is 326 g/mol. The predicted octanol–water partition coefficient (Wildman–Crippen LogP) is 1.67. The van der Waals surface area contributed by atoms with Gasteiger partial charge in [-0.05, 0) is 85.0 Å². The van der Waals surface area contributed by atoms with Gasteiger partial charge in [0, 0.05) is 0 Å². The fourth-order valence-electron chi connectivity index (χ4n) is 3.75. The molecule has 0 aliphatic heterocycles. The Bertz CT molecular complexity index is 721. The number of hydrogen-bond acceptors (Lipinski definition) is 4. The summed E-state index contributed by atoms with van der Waals surface area (Å²) in [7, 11) is 0. The van der Waals surface area contributed by atoms with E-state index in [1.807, 2.05) is 13.8 Å². The van der Waals surface area contributed by atoms with E-state index < -0.39 is 24.0 Å². The second kappa shape index (κ2) is 5.80.